The van der Waals surface area contributed by atoms with E-state index < -0.39 is 0 Å². The molecule has 0 unspecified atom stereocenters. The molecular formula is C19H16N6O2. The molecule has 0 bridgehead atoms. The summed E-state index contributed by atoms with van der Waals surface area (Å²) in [5.41, 5.74) is 3.52. The Morgan fingerprint density at radius 2 is 2.07 bits per heavy atom. The first kappa shape index (κ1) is 16.6. The number of nitrogens with one attached hydrogen (secondary N) is 1. The van der Waals surface area contributed by atoms with Crippen molar-refractivity contribution < 1.29 is 9.32 Å². The third kappa shape index (κ3) is 3.59. The van der Waals surface area contributed by atoms with Gasteiger partial charge in [0.15, 0.2) is 11.5 Å². The van der Waals surface area contributed by atoms with Gasteiger partial charge in [0.2, 0.25) is 0 Å². The van der Waals surface area contributed by atoms with Crippen molar-refractivity contribution in [2.24, 2.45) is 7.05 Å². The minimum atomic E-state index is -0.324. The van der Waals surface area contributed by atoms with E-state index in [4.69, 9.17) is 4.52 Å². The second kappa shape index (κ2) is 7.20. The number of aromatic nitrogens is 5. The largest absolute Gasteiger partial charge is 0.355 e. The number of hydrogen-bond donors (Lipinski definition) is 1. The van der Waals surface area contributed by atoms with Crippen molar-refractivity contribution in [1.82, 2.24) is 30.2 Å². The second-order valence-corrected chi connectivity index (χ2v) is 5.91. The number of carbonyl (C=O) groups is 1. The Bertz CT molecular complexity index is 1070. The summed E-state index contributed by atoms with van der Waals surface area (Å²) < 4.78 is 6.96. The number of rotatable bonds is 5. The number of amides is 1. The summed E-state index contributed by atoms with van der Waals surface area (Å²) in [5.74, 6) is 0.167. The highest BCUT2D eigenvalue weighted by Gasteiger charge is 2.15. The molecule has 0 saturated heterocycles. The van der Waals surface area contributed by atoms with Gasteiger partial charge in [-0.1, -0.05) is 11.2 Å². The zero-order chi connectivity index (χ0) is 18.6. The van der Waals surface area contributed by atoms with Gasteiger partial charge in [0.1, 0.15) is 0 Å². The van der Waals surface area contributed by atoms with E-state index in [1.54, 1.807) is 41.6 Å². The van der Waals surface area contributed by atoms with Crippen LogP contribution in [0, 0.1) is 0 Å². The van der Waals surface area contributed by atoms with Crippen molar-refractivity contribution in [2.45, 2.75) is 6.54 Å². The first-order valence-electron chi connectivity index (χ1n) is 8.29. The molecule has 0 aliphatic rings. The van der Waals surface area contributed by atoms with Crippen molar-refractivity contribution in [2.75, 3.05) is 0 Å². The summed E-state index contributed by atoms with van der Waals surface area (Å²) in [6.45, 7) is 0.311. The van der Waals surface area contributed by atoms with Crippen LogP contribution in [-0.4, -0.2) is 30.8 Å². The van der Waals surface area contributed by atoms with Crippen LogP contribution in [0.2, 0.25) is 0 Å². The van der Waals surface area contributed by atoms with Crippen LogP contribution in [0.25, 0.3) is 22.6 Å². The molecule has 0 spiro atoms. The first-order valence-corrected chi connectivity index (χ1v) is 8.29. The average Bonchev–Trinajstić information content (AvgIpc) is 3.36. The molecule has 4 aromatic rings. The Morgan fingerprint density at radius 3 is 2.85 bits per heavy atom. The monoisotopic (exact) mass is 360 g/mol. The topological polar surface area (TPSA) is 98.7 Å². The Balaban J connectivity index is 1.48. The molecule has 0 aliphatic heterocycles. The van der Waals surface area contributed by atoms with Gasteiger partial charge in [-0.25, -0.2) is 0 Å². The lowest BCUT2D eigenvalue weighted by atomic mass is 10.1. The zero-order valence-electron chi connectivity index (χ0n) is 14.5. The fourth-order valence-electron chi connectivity index (χ4n) is 2.68. The van der Waals surface area contributed by atoms with Gasteiger partial charge >= 0.3 is 0 Å². The van der Waals surface area contributed by atoms with Gasteiger partial charge in [-0.3, -0.25) is 19.4 Å². The molecule has 0 aliphatic carbocycles. The SMILES string of the molecule is Cn1cc(-c2ncccc2CNC(=O)c2cc(-c3cccnc3)on2)cn1. The number of aryl methyl sites for hydroxylation is 1. The summed E-state index contributed by atoms with van der Waals surface area (Å²) in [7, 11) is 1.85. The average molecular weight is 360 g/mol. The third-order valence-corrected chi connectivity index (χ3v) is 4.00. The van der Waals surface area contributed by atoms with E-state index in [0.29, 0.717) is 12.3 Å². The van der Waals surface area contributed by atoms with Crippen molar-refractivity contribution in [3.63, 3.8) is 0 Å². The van der Waals surface area contributed by atoms with E-state index in [9.17, 15) is 4.79 Å². The predicted molar refractivity (Wildman–Crippen MR) is 97.3 cm³/mol. The molecule has 134 valence electrons. The molecule has 0 atom stereocenters. The molecule has 27 heavy (non-hydrogen) atoms. The van der Waals surface area contributed by atoms with Gasteiger partial charge in [-0.05, 0) is 23.8 Å². The van der Waals surface area contributed by atoms with Gasteiger partial charge < -0.3 is 9.84 Å². The highest BCUT2D eigenvalue weighted by Crippen LogP contribution is 2.21. The van der Waals surface area contributed by atoms with Gasteiger partial charge in [0, 0.05) is 55.6 Å². The van der Waals surface area contributed by atoms with E-state index in [2.05, 4.69) is 25.5 Å². The summed E-state index contributed by atoms with van der Waals surface area (Å²) in [5, 5.41) is 10.9. The van der Waals surface area contributed by atoms with Gasteiger partial charge in [-0.15, -0.1) is 0 Å². The van der Waals surface area contributed by atoms with Crippen LogP contribution >= 0.6 is 0 Å². The smallest absolute Gasteiger partial charge is 0.273 e. The molecule has 4 heterocycles. The van der Waals surface area contributed by atoms with E-state index in [1.807, 2.05) is 31.4 Å². The van der Waals surface area contributed by atoms with Crippen molar-refractivity contribution >= 4 is 5.91 Å². The predicted octanol–water partition coefficient (Wildman–Crippen LogP) is 2.46. The molecule has 8 nitrogen and oxygen atoms in total. The third-order valence-electron chi connectivity index (χ3n) is 4.00. The Morgan fingerprint density at radius 1 is 1.19 bits per heavy atom. The van der Waals surface area contributed by atoms with Gasteiger partial charge in [0.05, 0.1) is 11.9 Å². The lowest BCUT2D eigenvalue weighted by Gasteiger charge is -2.07. The zero-order valence-corrected chi connectivity index (χ0v) is 14.5. The van der Waals surface area contributed by atoms with Crippen LogP contribution in [0.3, 0.4) is 0 Å². The Labute approximate surface area is 154 Å². The molecule has 1 N–H and O–H groups in total. The highest BCUT2D eigenvalue weighted by atomic mass is 16.5. The van der Waals surface area contributed by atoms with Crippen molar-refractivity contribution in [3.8, 4) is 22.6 Å². The summed E-state index contributed by atoms with van der Waals surface area (Å²) in [6, 6.07) is 8.97. The molecule has 4 aromatic heterocycles. The van der Waals surface area contributed by atoms with Crippen LogP contribution in [0.5, 0.6) is 0 Å². The maximum Gasteiger partial charge on any atom is 0.273 e. The van der Waals surface area contributed by atoms with Gasteiger partial charge in [0.25, 0.3) is 5.91 Å². The minimum absolute atomic E-state index is 0.209. The van der Waals surface area contributed by atoms with Crippen LogP contribution in [-0.2, 0) is 13.6 Å². The second-order valence-electron chi connectivity index (χ2n) is 5.91. The van der Waals surface area contributed by atoms with Crippen molar-refractivity contribution in [1.29, 1.82) is 0 Å². The van der Waals surface area contributed by atoms with Gasteiger partial charge in [-0.2, -0.15) is 5.10 Å². The normalized spacial score (nSPS) is 10.7. The maximum absolute atomic E-state index is 12.4. The number of pyridine rings is 2. The molecule has 4 rings (SSSR count). The van der Waals surface area contributed by atoms with Crippen LogP contribution in [0.4, 0.5) is 0 Å². The fraction of sp³-hybridized carbons (Fsp3) is 0.105. The van der Waals surface area contributed by atoms with Crippen LogP contribution in [0.1, 0.15) is 16.1 Å². The molecule has 0 saturated carbocycles. The van der Waals surface area contributed by atoms with E-state index >= 15 is 0 Å². The molecule has 0 fully saturated rings. The maximum atomic E-state index is 12.4. The van der Waals surface area contributed by atoms with E-state index in [0.717, 1.165) is 22.4 Å². The number of nitrogens with zero attached hydrogens (tertiary/aromatic N) is 5. The molecule has 8 heteroatoms. The molecule has 1 amide bonds. The van der Waals surface area contributed by atoms with Crippen LogP contribution in [0.15, 0.2) is 65.8 Å². The molecular weight excluding hydrogens is 344 g/mol. The lowest BCUT2D eigenvalue weighted by Crippen LogP contribution is -2.23. The summed E-state index contributed by atoms with van der Waals surface area (Å²) in [4.78, 5) is 20.9. The molecule has 0 radical (unpaired) electrons. The summed E-state index contributed by atoms with van der Waals surface area (Å²) >= 11 is 0. The highest BCUT2D eigenvalue weighted by molar-refractivity contribution is 5.93. The fourth-order valence-corrected chi connectivity index (χ4v) is 2.68. The minimum Gasteiger partial charge on any atom is -0.355 e. The Hall–Kier alpha value is -3.81. The molecule has 0 aromatic carbocycles. The Kier molecular flexibility index (Phi) is 4.44. The number of carbonyl (C=O) groups excluding carboxylic acids is 1. The standard InChI is InChI=1S/C19H16N6O2/c1-25-12-15(11-23-25)18-14(5-3-7-21-18)10-22-19(26)16-8-17(27-24-16)13-4-2-6-20-9-13/h2-9,11-12H,10H2,1H3,(H,22,26). The van der Waals surface area contributed by atoms with E-state index in [1.165, 1.54) is 0 Å². The quantitative estimate of drug-likeness (QED) is 0.587. The summed E-state index contributed by atoms with van der Waals surface area (Å²) in [6.07, 6.45) is 8.65. The van der Waals surface area contributed by atoms with Crippen molar-refractivity contribution in [3.05, 3.63) is 72.6 Å². The van der Waals surface area contributed by atoms with E-state index in [-0.39, 0.29) is 11.6 Å². The number of hydrogen-bond acceptors (Lipinski definition) is 6. The van der Waals surface area contributed by atoms with Crippen LogP contribution < -0.4 is 5.32 Å². The first-order chi connectivity index (χ1) is 13.2. The lowest BCUT2D eigenvalue weighted by molar-refractivity contribution is 0.0942.